The minimum atomic E-state index is -0.740. The average molecular weight is 363 g/mol. The number of nitrogens with two attached hydrogens (primary N) is 1. The molecule has 0 aromatic heterocycles. The van der Waals surface area contributed by atoms with E-state index in [9.17, 15) is 4.79 Å². The van der Waals surface area contributed by atoms with Gasteiger partial charge < -0.3 is 19.9 Å². The average Bonchev–Trinajstić information content (AvgIpc) is 2.66. The topological polar surface area (TPSA) is 70.8 Å². The Morgan fingerprint density at radius 1 is 1.19 bits per heavy atom. The summed E-state index contributed by atoms with van der Waals surface area (Å²) in [5.41, 5.74) is 8.31. The Morgan fingerprint density at radius 3 is 2.62 bits per heavy atom. The summed E-state index contributed by atoms with van der Waals surface area (Å²) in [5.74, 6) is -0.317. The van der Waals surface area contributed by atoms with E-state index in [4.69, 9.17) is 19.9 Å². The lowest BCUT2D eigenvalue weighted by Gasteiger charge is -2.31. The van der Waals surface area contributed by atoms with Crippen LogP contribution < -0.4 is 5.73 Å². The molecule has 0 spiro atoms. The molecule has 0 unspecified atom stereocenters. The molecule has 5 heteroatoms. The maximum Gasteiger partial charge on any atom is 0.325 e. The van der Waals surface area contributed by atoms with Crippen LogP contribution in [0.15, 0.2) is 24.3 Å². The van der Waals surface area contributed by atoms with Gasteiger partial charge in [0.25, 0.3) is 0 Å². The van der Waals surface area contributed by atoms with Crippen LogP contribution in [0.2, 0.25) is 0 Å². The first-order valence-electron chi connectivity index (χ1n) is 9.72. The van der Waals surface area contributed by atoms with E-state index in [1.165, 1.54) is 11.1 Å². The van der Waals surface area contributed by atoms with E-state index in [0.717, 1.165) is 25.7 Å². The highest BCUT2D eigenvalue weighted by Gasteiger charge is 2.33. The summed E-state index contributed by atoms with van der Waals surface area (Å²) in [4.78, 5) is 12.1. The zero-order valence-corrected chi connectivity index (χ0v) is 16.3. The van der Waals surface area contributed by atoms with Gasteiger partial charge in [-0.05, 0) is 32.3 Å². The first-order valence-corrected chi connectivity index (χ1v) is 9.72. The van der Waals surface area contributed by atoms with Gasteiger partial charge in [-0.15, -0.1) is 0 Å². The van der Waals surface area contributed by atoms with Gasteiger partial charge in [0.05, 0.1) is 19.3 Å². The van der Waals surface area contributed by atoms with E-state index in [0.29, 0.717) is 13.2 Å². The van der Waals surface area contributed by atoms with Gasteiger partial charge in [-0.3, -0.25) is 4.79 Å². The Morgan fingerprint density at radius 2 is 1.92 bits per heavy atom. The predicted octanol–water partition coefficient (Wildman–Crippen LogP) is 3.02. The zero-order chi connectivity index (χ0) is 18.9. The minimum Gasteiger partial charge on any atom is -0.459 e. The van der Waals surface area contributed by atoms with Crippen molar-refractivity contribution >= 4 is 5.97 Å². The SMILES string of the molecule is CCCCCO[C@@H]1[C@@H](Cc2ccc(C)cc2)COC[C@H](N)C(=O)O[C@H]1C. The molecule has 146 valence electrons. The Labute approximate surface area is 157 Å². The van der Waals surface area contributed by atoms with Crippen LogP contribution in [-0.2, 0) is 25.4 Å². The monoisotopic (exact) mass is 363 g/mol. The van der Waals surface area contributed by atoms with Crippen LogP contribution in [0, 0.1) is 12.8 Å². The van der Waals surface area contributed by atoms with Crippen molar-refractivity contribution in [2.75, 3.05) is 19.8 Å². The molecule has 0 amide bonds. The van der Waals surface area contributed by atoms with Crippen molar-refractivity contribution in [1.29, 1.82) is 0 Å². The fourth-order valence-corrected chi connectivity index (χ4v) is 3.28. The zero-order valence-electron chi connectivity index (χ0n) is 16.3. The second kappa shape index (κ2) is 10.7. The third-order valence-corrected chi connectivity index (χ3v) is 4.84. The molecule has 2 rings (SSSR count). The molecule has 1 fully saturated rings. The fourth-order valence-electron chi connectivity index (χ4n) is 3.28. The van der Waals surface area contributed by atoms with Crippen LogP contribution in [0.5, 0.6) is 0 Å². The Kier molecular flexibility index (Phi) is 8.55. The Balaban J connectivity index is 2.13. The molecule has 0 aliphatic carbocycles. The molecular formula is C21H33NO4. The van der Waals surface area contributed by atoms with E-state index in [2.05, 4.69) is 38.1 Å². The summed E-state index contributed by atoms with van der Waals surface area (Å²) < 4.78 is 17.5. The quantitative estimate of drug-likeness (QED) is 0.596. The van der Waals surface area contributed by atoms with Crippen LogP contribution in [0.3, 0.4) is 0 Å². The Bertz CT molecular complexity index is 545. The highest BCUT2D eigenvalue weighted by molar-refractivity contribution is 5.75. The lowest BCUT2D eigenvalue weighted by atomic mass is 9.91. The predicted molar refractivity (Wildman–Crippen MR) is 102 cm³/mol. The van der Waals surface area contributed by atoms with Crippen molar-refractivity contribution in [3.8, 4) is 0 Å². The van der Waals surface area contributed by atoms with Gasteiger partial charge in [0.15, 0.2) is 0 Å². The van der Waals surface area contributed by atoms with E-state index in [1.54, 1.807) is 0 Å². The highest BCUT2D eigenvalue weighted by atomic mass is 16.6. The lowest BCUT2D eigenvalue weighted by Crippen LogP contribution is -2.42. The summed E-state index contributed by atoms with van der Waals surface area (Å²) in [6.45, 7) is 7.48. The third kappa shape index (κ3) is 6.38. The highest BCUT2D eigenvalue weighted by Crippen LogP contribution is 2.23. The van der Waals surface area contributed by atoms with Crippen molar-refractivity contribution in [1.82, 2.24) is 0 Å². The molecule has 4 atom stereocenters. The van der Waals surface area contributed by atoms with Gasteiger partial charge in [0.1, 0.15) is 12.1 Å². The summed E-state index contributed by atoms with van der Waals surface area (Å²) in [6, 6.07) is 7.76. The van der Waals surface area contributed by atoms with Gasteiger partial charge in [0.2, 0.25) is 0 Å². The van der Waals surface area contributed by atoms with Crippen LogP contribution in [-0.4, -0.2) is 44.0 Å². The van der Waals surface area contributed by atoms with Crippen LogP contribution >= 0.6 is 0 Å². The van der Waals surface area contributed by atoms with Crippen molar-refractivity contribution in [2.45, 2.75) is 64.7 Å². The molecule has 1 aromatic carbocycles. The van der Waals surface area contributed by atoms with Crippen molar-refractivity contribution in [2.24, 2.45) is 11.7 Å². The number of rotatable bonds is 7. The number of hydrogen-bond acceptors (Lipinski definition) is 5. The molecule has 1 heterocycles. The van der Waals surface area contributed by atoms with Gasteiger partial charge in [-0.25, -0.2) is 0 Å². The maximum absolute atomic E-state index is 12.1. The summed E-state index contributed by atoms with van der Waals surface area (Å²) in [5, 5.41) is 0. The van der Waals surface area contributed by atoms with Crippen molar-refractivity contribution < 1.29 is 19.0 Å². The first kappa shape index (κ1) is 20.9. The maximum atomic E-state index is 12.1. The van der Waals surface area contributed by atoms with Gasteiger partial charge in [-0.1, -0.05) is 49.6 Å². The molecule has 26 heavy (non-hydrogen) atoms. The number of esters is 1. The smallest absolute Gasteiger partial charge is 0.325 e. The standard InChI is InChI=1S/C21H33NO4/c1-4-5-6-11-25-20-16(3)26-21(23)19(22)14-24-13-18(20)12-17-9-7-15(2)8-10-17/h7-10,16,18-20H,4-6,11-14,22H2,1-3H3/t16-,18-,19-,20-/m0/s1. The molecule has 0 radical (unpaired) electrons. The number of unbranched alkanes of at least 4 members (excludes halogenated alkanes) is 2. The van der Waals surface area contributed by atoms with E-state index < -0.39 is 12.0 Å². The molecule has 5 nitrogen and oxygen atoms in total. The van der Waals surface area contributed by atoms with Gasteiger partial charge in [0, 0.05) is 12.5 Å². The van der Waals surface area contributed by atoms with Crippen LogP contribution in [0.4, 0.5) is 0 Å². The van der Waals surface area contributed by atoms with E-state index in [-0.39, 0.29) is 24.7 Å². The summed E-state index contributed by atoms with van der Waals surface area (Å²) in [7, 11) is 0. The third-order valence-electron chi connectivity index (χ3n) is 4.84. The van der Waals surface area contributed by atoms with Crippen LogP contribution in [0.25, 0.3) is 0 Å². The normalized spacial score (nSPS) is 27.3. The number of benzene rings is 1. The summed E-state index contributed by atoms with van der Waals surface area (Å²) >= 11 is 0. The molecule has 0 saturated carbocycles. The number of cyclic esters (lactones) is 1. The van der Waals surface area contributed by atoms with Gasteiger partial charge in [-0.2, -0.15) is 0 Å². The van der Waals surface area contributed by atoms with Gasteiger partial charge >= 0.3 is 5.97 Å². The minimum absolute atomic E-state index is 0.104. The largest absolute Gasteiger partial charge is 0.459 e. The van der Waals surface area contributed by atoms with E-state index >= 15 is 0 Å². The molecule has 1 aliphatic heterocycles. The molecular weight excluding hydrogens is 330 g/mol. The molecule has 1 aromatic rings. The molecule has 2 N–H and O–H groups in total. The number of carbonyl (C=O) groups excluding carboxylic acids is 1. The number of aryl methyl sites for hydroxylation is 1. The summed E-state index contributed by atoms with van der Waals surface area (Å²) in [6.07, 6.45) is 3.53. The molecule has 1 aliphatic rings. The first-order chi connectivity index (χ1) is 12.5. The Hall–Kier alpha value is -1.43. The fraction of sp³-hybridized carbons (Fsp3) is 0.667. The lowest BCUT2D eigenvalue weighted by molar-refractivity contribution is -0.159. The second-order valence-corrected chi connectivity index (χ2v) is 7.28. The molecule has 1 saturated heterocycles. The second-order valence-electron chi connectivity index (χ2n) is 7.28. The molecule has 0 bridgehead atoms. The number of hydrogen-bond donors (Lipinski definition) is 1. The van der Waals surface area contributed by atoms with E-state index in [1.807, 2.05) is 6.92 Å². The van der Waals surface area contributed by atoms with Crippen LogP contribution in [0.1, 0.15) is 44.2 Å². The van der Waals surface area contributed by atoms with Crippen molar-refractivity contribution in [3.05, 3.63) is 35.4 Å². The van der Waals surface area contributed by atoms with Crippen molar-refractivity contribution in [3.63, 3.8) is 0 Å². The number of ether oxygens (including phenoxy) is 3. The number of carbonyl (C=O) groups is 1.